The van der Waals surface area contributed by atoms with Crippen LogP contribution in [0.3, 0.4) is 0 Å². The number of ether oxygens (including phenoxy) is 1. The molecule has 1 aromatic rings. The zero-order valence-electron chi connectivity index (χ0n) is 7.63. The molecule has 0 spiro atoms. The molecule has 0 N–H and O–H groups in total. The minimum absolute atomic E-state index is 0.395. The summed E-state index contributed by atoms with van der Waals surface area (Å²) < 4.78 is 4.58. The first kappa shape index (κ1) is 9.34. The molecule has 0 aliphatic carbocycles. The molecule has 2 heteroatoms. The smallest absolute Gasteiger partial charge is 0.339 e. The summed E-state index contributed by atoms with van der Waals surface area (Å²) in [5.41, 5.74) is 2.04. The van der Waals surface area contributed by atoms with Crippen molar-refractivity contribution in [3.05, 3.63) is 34.9 Å². The first-order valence-electron chi connectivity index (χ1n) is 3.84. The molecule has 0 aromatic heterocycles. The van der Waals surface area contributed by atoms with Crippen LogP contribution in [0.5, 0.6) is 0 Å². The average molecular weight is 174 g/mol. The lowest BCUT2D eigenvalue weighted by Gasteiger charge is -2.02. The Kier molecular flexibility index (Phi) is 2.71. The summed E-state index contributed by atoms with van der Waals surface area (Å²) in [5.74, 6) is 2.06. The van der Waals surface area contributed by atoms with Crippen LogP contribution in [0.1, 0.15) is 21.5 Å². The summed E-state index contributed by atoms with van der Waals surface area (Å²) in [6, 6.07) is 5.29. The van der Waals surface area contributed by atoms with Crippen LogP contribution >= 0.6 is 0 Å². The van der Waals surface area contributed by atoms with Crippen molar-refractivity contribution in [2.75, 3.05) is 7.11 Å². The van der Waals surface area contributed by atoms with E-state index in [1.54, 1.807) is 12.1 Å². The van der Waals surface area contributed by atoms with Gasteiger partial charge < -0.3 is 4.74 Å². The minimum atomic E-state index is -0.395. The van der Waals surface area contributed by atoms with Crippen molar-refractivity contribution in [2.24, 2.45) is 0 Å². The zero-order chi connectivity index (χ0) is 9.84. The molecule has 0 heterocycles. The van der Waals surface area contributed by atoms with Gasteiger partial charge in [0.15, 0.2) is 0 Å². The second-order valence-corrected chi connectivity index (χ2v) is 2.68. The van der Waals surface area contributed by atoms with E-state index in [-0.39, 0.29) is 0 Å². The molecule has 0 aliphatic heterocycles. The molecule has 13 heavy (non-hydrogen) atoms. The van der Waals surface area contributed by atoms with E-state index in [9.17, 15) is 4.79 Å². The third-order valence-electron chi connectivity index (χ3n) is 1.74. The highest BCUT2D eigenvalue weighted by Gasteiger charge is 2.09. The standard InChI is InChI=1S/C11H10O2/c1-4-9-7-8(2)5-6-10(9)11(12)13-3/h1,5-7H,2-3H3. The number of carbonyl (C=O) groups is 1. The van der Waals surface area contributed by atoms with Crippen LogP contribution in [0.15, 0.2) is 18.2 Å². The molecule has 0 saturated heterocycles. The van der Waals surface area contributed by atoms with Crippen LogP contribution in [0, 0.1) is 19.3 Å². The number of carbonyl (C=O) groups excluding carboxylic acids is 1. The fourth-order valence-corrected chi connectivity index (χ4v) is 1.07. The highest BCUT2D eigenvalue weighted by Crippen LogP contribution is 2.11. The Morgan fingerprint density at radius 2 is 2.23 bits per heavy atom. The van der Waals surface area contributed by atoms with Gasteiger partial charge in [-0.25, -0.2) is 4.79 Å². The van der Waals surface area contributed by atoms with Crippen molar-refractivity contribution in [1.29, 1.82) is 0 Å². The summed E-state index contributed by atoms with van der Waals surface area (Å²) in [5, 5.41) is 0. The third-order valence-corrected chi connectivity index (χ3v) is 1.74. The molecule has 0 radical (unpaired) electrons. The summed E-state index contributed by atoms with van der Waals surface area (Å²) in [4.78, 5) is 11.2. The molecular formula is C11H10O2. The van der Waals surface area contributed by atoms with Crippen LogP contribution in [0.25, 0.3) is 0 Å². The van der Waals surface area contributed by atoms with Gasteiger partial charge in [-0.2, -0.15) is 0 Å². The Morgan fingerprint density at radius 3 is 2.77 bits per heavy atom. The summed E-state index contributed by atoms with van der Waals surface area (Å²) >= 11 is 0. The molecule has 0 aliphatic rings. The topological polar surface area (TPSA) is 26.3 Å². The van der Waals surface area contributed by atoms with Crippen molar-refractivity contribution < 1.29 is 9.53 Å². The van der Waals surface area contributed by atoms with Gasteiger partial charge in [0.05, 0.1) is 12.7 Å². The number of terminal acetylenes is 1. The first-order chi connectivity index (χ1) is 6.19. The zero-order valence-corrected chi connectivity index (χ0v) is 7.63. The normalized spacial score (nSPS) is 9.00. The lowest BCUT2D eigenvalue weighted by atomic mass is 10.1. The molecule has 0 unspecified atom stereocenters. The van der Waals surface area contributed by atoms with Crippen molar-refractivity contribution >= 4 is 5.97 Å². The fourth-order valence-electron chi connectivity index (χ4n) is 1.07. The maximum Gasteiger partial charge on any atom is 0.339 e. The van der Waals surface area contributed by atoms with Gasteiger partial charge in [-0.1, -0.05) is 12.0 Å². The van der Waals surface area contributed by atoms with E-state index in [4.69, 9.17) is 6.42 Å². The second kappa shape index (κ2) is 3.77. The molecule has 0 saturated carbocycles. The van der Waals surface area contributed by atoms with E-state index in [1.165, 1.54) is 7.11 Å². The van der Waals surface area contributed by atoms with E-state index in [1.807, 2.05) is 13.0 Å². The monoisotopic (exact) mass is 174 g/mol. The van der Waals surface area contributed by atoms with Gasteiger partial charge in [0.25, 0.3) is 0 Å². The highest BCUT2D eigenvalue weighted by molar-refractivity contribution is 5.92. The summed E-state index contributed by atoms with van der Waals surface area (Å²) in [6.07, 6.45) is 5.25. The van der Waals surface area contributed by atoms with E-state index in [0.717, 1.165) is 5.56 Å². The molecule has 0 fully saturated rings. The van der Waals surface area contributed by atoms with Crippen molar-refractivity contribution in [2.45, 2.75) is 6.92 Å². The number of benzene rings is 1. The van der Waals surface area contributed by atoms with Crippen LogP contribution in [0.4, 0.5) is 0 Å². The Hall–Kier alpha value is -1.75. The van der Waals surface area contributed by atoms with Crippen LogP contribution in [-0.4, -0.2) is 13.1 Å². The second-order valence-electron chi connectivity index (χ2n) is 2.68. The van der Waals surface area contributed by atoms with Gasteiger partial charge in [-0.3, -0.25) is 0 Å². The SMILES string of the molecule is C#Cc1cc(C)ccc1C(=O)OC. The van der Waals surface area contributed by atoms with E-state index in [2.05, 4.69) is 10.7 Å². The maximum atomic E-state index is 11.2. The lowest BCUT2D eigenvalue weighted by Crippen LogP contribution is -2.03. The number of hydrogen-bond acceptors (Lipinski definition) is 2. The third kappa shape index (κ3) is 1.88. The van der Waals surface area contributed by atoms with Gasteiger partial charge in [0.1, 0.15) is 0 Å². The van der Waals surface area contributed by atoms with Gasteiger partial charge in [0, 0.05) is 5.56 Å². The Labute approximate surface area is 77.5 Å². The number of aryl methyl sites for hydroxylation is 1. The predicted molar refractivity (Wildman–Crippen MR) is 50.5 cm³/mol. The number of esters is 1. The lowest BCUT2D eigenvalue weighted by molar-refractivity contribution is 0.0600. The van der Waals surface area contributed by atoms with Crippen molar-refractivity contribution in [1.82, 2.24) is 0 Å². The van der Waals surface area contributed by atoms with E-state index >= 15 is 0 Å². The highest BCUT2D eigenvalue weighted by atomic mass is 16.5. The quantitative estimate of drug-likeness (QED) is 0.479. The summed E-state index contributed by atoms with van der Waals surface area (Å²) in [7, 11) is 1.34. The Morgan fingerprint density at radius 1 is 1.54 bits per heavy atom. The molecule has 0 amide bonds. The minimum Gasteiger partial charge on any atom is -0.465 e. The number of rotatable bonds is 1. The van der Waals surface area contributed by atoms with E-state index < -0.39 is 5.97 Å². The van der Waals surface area contributed by atoms with Gasteiger partial charge >= 0.3 is 5.97 Å². The number of hydrogen-bond donors (Lipinski definition) is 0. The van der Waals surface area contributed by atoms with Crippen molar-refractivity contribution in [3.63, 3.8) is 0 Å². The van der Waals surface area contributed by atoms with Crippen molar-refractivity contribution in [3.8, 4) is 12.3 Å². The molecule has 66 valence electrons. The fraction of sp³-hybridized carbons (Fsp3) is 0.182. The summed E-state index contributed by atoms with van der Waals surface area (Å²) in [6.45, 7) is 1.92. The van der Waals surface area contributed by atoms with Crippen LogP contribution in [-0.2, 0) is 4.74 Å². The Bertz CT molecular complexity index is 372. The maximum absolute atomic E-state index is 11.2. The Balaban J connectivity index is 3.23. The molecule has 0 atom stereocenters. The average Bonchev–Trinajstić information content (AvgIpc) is 2.16. The predicted octanol–water partition coefficient (Wildman–Crippen LogP) is 1.76. The largest absolute Gasteiger partial charge is 0.465 e. The molecule has 1 aromatic carbocycles. The van der Waals surface area contributed by atoms with Gasteiger partial charge in [-0.15, -0.1) is 6.42 Å². The number of methoxy groups -OCH3 is 1. The van der Waals surface area contributed by atoms with E-state index in [0.29, 0.717) is 11.1 Å². The molecule has 1 rings (SSSR count). The molecular weight excluding hydrogens is 164 g/mol. The van der Waals surface area contributed by atoms with Crippen LogP contribution in [0.2, 0.25) is 0 Å². The molecule has 0 bridgehead atoms. The van der Waals surface area contributed by atoms with Crippen LogP contribution < -0.4 is 0 Å². The van der Waals surface area contributed by atoms with Gasteiger partial charge in [-0.05, 0) is 24.6 Å². The first-order valence-corrected chi connectivity index (χ1v) is 3.84. The molecule has 2 nitrogen and oxygen atoms in total. The van der Waals surface area contributed by atoms with Gasteiger partial charge in [0.2, 0.25) is 0 Å².